The van der Waals surface area contributed by atoms with Crippen molar-refractivity contribution in [2.24, 2.45) is 0 Å². The van der Waals surface area contributed by atoms with Crippen LogP contribution in [0.1, 0.15) is 34.1 Å². The first-order chi connectivity index (χ1) is 9.87. The van der Waals surface area contributed by atoms with Crippen molar-refractivity contribution < 1.29 is 4.74 Å². The van der Waals surface area contributed by atoms with Crippen molar-refractivity contribution >= 4 is 17.0 Å². The van der Waals surface area contributed by atoms with E-state index >= 15 is 0 Å². The Morgan fingerprint density at radius 3 is 2.48 bits per heavy atom. The van der Waals surface area contributed by atoms with Gasteiger partial charge in [0.25, 0.3) is 0 Å². The predicted molar refractivity (Wildman–Crippen MR) is 91.0 cm³/mol. The molecular weight excluding hydrogens is 278 g/mol. The van der Waals surface area contributed by atoms with Crippen LogP contribution in [0.2, 0.25) is 0 Å². The fourth-order valence-corrected chi connectivity index (χ4v) is 4.00. The highest BCUT2D eigenvalue weighted by Gasteiger charge is 2.45. The van der Waals surface area contributed by atoms with Crippen LogP contribution in [-0.4, -0.2) is 17.2 Å². The Bertz CT molecular complexity index is 616. The lowest BCUT2D eigenvalue weighted by atomic mass is 9.94. The van der Waals surface area contributed by atoms with Crippen molar-refractivity contribution in [1.29, 1.82) is 0 Å². The van der Waals surface area contributed by atoms with Crippen LogP contribution in [0.4, 0.5) is 5.69 Å². The molecule has 0 amide bonds. The molecule has 21 heavy (non-hydrogen) atoms. The van der Waals surface area contributed by atoms with Gasteiger partial charge in [-0.3, -0.25) is 0 Å². The minimum absolute atomic E-state index is 0.0704. The van der Waals surface area contributed by atoms with E-state index in [0.717, 1.165) is 6.42 Å². The molecule has 1 aliphatic rings. The Balaban J connectivity index is 1.90. The van der Waals surface area contributed by atoms with Gasteiger partial charge in [0, 0.05) is 16.1 Å². The highest BCUT2D eigenvalue weighted by molar-refractivity contribution is 7.13. The molecule has 1 aliphatic heterocycles. The zero-order valence-electron chi connectivity index (χ0n) is 13.1. The molecule has 2 nitrogen and oxygen atoms in total. The fourth-order valence-electron chi connectivity index (χ4n) is 3.23. The average Bonchev–Trinajstić information content (AvgIpc) is 2.96. The highest BCUT2D eigenvalue weighted by atomic mass is 32.1. The SMILES string of the molecule is CC1(C)CC(Nc2ccccc2-c2cccs2)C(C)(C)O1. The van der Waals surface area contributed by atoms with E-state index in [4.69, 9.17) is 4.74 Å². The number of benzene rings is 1. The third kappa shape index (κ3) is 2.99. The van der Waals surface area contributed by atoms with E-state index in [1.165, 1.54) is 16.1 Å². The van der Waals surface area contributed by atoms with Crippen molar-refractivity contribution in [1.82, 2.24) is 0 Å². The maximum atomic E-state index is 6.19. The van der Waals surface area contributed by atoms with Crippen molar-refractivity contribution in [2.45, 2.75) is 51.4 Å². The van der Waals surface area contributed by atoms with Crippen LogP contribution in [0.25, 0.3) is 10.4 Å². The Labute approximate surface area is 131 Å². The van der Waals surface area contributed by atoms with Crippen molar-refractivity contribution in [3.8, 4) is 10.4 Å². The topological polar surface area (TPSA) is 21.3 Å². The number of anilines is 1. The molecule has 0 bridgehead atoms. The summed E-state index contributed by atoms with van der Waals surface area (Å²) < 4.78 is 6.19. The quantitative estimate of drug-likeness (QED) is 0.844. The van der Waals surface area contributed by atoms with Crippen LogP contribution in [0.15, 0.2) is 41.8 Å². The van der Waals surface area contributed by atoms with Crippen LogP contribution in [-0.2, 0) is 4.74 Å². The second kappa shape index (κ2) is 5.15. The normalized spacial score (nSPS) is 23.1. The van der Waals surface area contributed by atoms with Crippen molar-refractivity contribution in [2.75, 3.05) is 5.32 Å². The van der Waals surface area contributed by atoms with Gasteiger partial charge in [0.05, 0.1) is 17.2 Å². The molecule has 0 spiro atoms. The summed E-state index contributed by atoms with van der Waals surface area (Å²) in [6, 6.07) is 13.1. The first-order valence-corrected chi connectivity index (χ1v) is 8.35. The molecule has 0 saturated carbocycles. The van der Waals surface area contributed by atoms with Gasteiger partial charge >= 0.3 is 0 Å². The maximum Gasteiger partial charge on any atom is 0.0834 e. The molecule has 0 radical (unpaired) electrons. The van der Waals surface area contributed by atoms with Gasteiger partial charge < -0.3 is 10.1 Å². The molecule has 1 aromatic heterocycles. The van der Waals surface area contributed by atoms with Gasteiger partial charge in [-0.25, -0.2) is 0 Å². The van der Waals surface area contributed by atoms with E-state index in [0.29, 0.717) is 6.04 Å². The van der Waals surface area contributed by atoms with Crippen molar-refractivity contribution in [3.05, 3.63) is 41.8 Å². The Kier molecular flexibility index (Phi) is 3.58. The molecule has 3 heteroatoms. The third-order valence-electron chi connectivity index (χ3n) is 4.12. The lowest BCUT2D eigenvalue weighted by Crippen LogP contribution is -2.38. The van der Waals surface area contributed by atoms with Gasteiger partial charge in [-0.1, -0.05) is 24.3 Å². The molecular formula is C18H23NOS. The first-order valence-electron chi connectivity index (χ1n) is 7.47. The van der Waals surface area contributed by atoms with E-state index in [1.807, 2.05) is 0 Å². The number of thiophene rings is 1. The monoisotopic (exact) mass is 301 g/mol. The number of rotatable bonds is 3. The van der Waals surface area contributed by atoms with Gasteiger partial charge in [-0.15, -0.1) is 11.3 Å². The summed E-state index contributed by atoms with van der Waals surface area (Å²) in [7, 11) is 0. The maximum absolute atomic E-state index is 6.19. The molecule has 112 valence electrons. The van der Waals surface area contributed by atoms with Gasteiger partial charge in [0.2, 0.25) is 0 Å². The third-order valence-corrected chi connectivity index (χ3v) is 5.02. The zero-order chi connectivity index (χ0) is 15.1. The summed E-state index contributed by atoms with van der Waals surface area (Å²) in [5.41, 5.74) is 2.23. The number of ether oxygens (including phenoxy) is 1. The number of hydrogen-bond donors (Lipinski definition) is 1. The second-order valence-electron chi connectivity index (χ2n) is 6.89. The zero-order valence-corrected chi connectivity index (χ0v) is 14.0. The number of hydrogen-bond acceptors (Lipinski definition) is 3. The first kappa shape index (κ1) is 14.6. The number of para-hydroxylation sites is 1. The summed E-state index contributed by atoms with van der Waals surface area (Å²) in [6.07, 6.45) is 1.01. The molecule has 1 atom stereocenters. The van der Waals surface area contributed by atoms with E-state index in [1.54, 1.807) is 11.3 Å². The van der Waals surface area contributed by atoms with Crippen LogP contribution >= 0.6 is 11.3 Å². The molecule has 2 aromatic rings. The lowest BCUT2D eigenvalue weighted by molar-refractivity contribution is -0.0662. The summed E-state index contributed by atoms with van der Waals surface area (Å²) in [5, 5.41) is 5.85. The van der Waals surface area contributed by atoms with Crippen LogP contribution < -0.4 is 5.32 Å². The van der Waals surface area contributed by atoms with Gasteiger partial charge in [-0.05, 0) is 51.6 Å². The van der Waals surface area contributed by atoms with Crippen LogP contribution in [0.5, 0.6) is 0 Å². The van der Waals surface area contributed by atoms with Gasteiger partial charge in [-0.2, -0.15) is 0 Å². The average molecular weight is 301 g/mol. The highest BCUT2D eigenvalue weighted by Crippen LogP contribution is 2.40. The van der Waals surface area contributed by atoms with E-state index < -0.39 is 0 Å². The standard InChI is InChI=1S/C18H23NOS/c1-17(2)12-16(18(3,4)20-17)19-14-9-6-5-8-13(14)15-10-7-11-21-15/h5-11,16,19H,12H2,1-4H3. The summed E-state index contributed by atoms with van der Waals surface area (Å²) >= 11 is 1.78. The lowest BCUT2D eigenvalue weighted by Gasteiger charge is -2.29. The molecule has 0 aliphatic carbocycles. The minimum atomic E-state index is -0.161. The summed E-state index contributed by atoms with van der Waals surface area (Å²) in [6.45, 7) is 8.68. The molecule has 2 heterocycles. The Morgan fingerprint density at radius 1 is 1.10 bits per heavy atom. The van der Waals surface area contributed by atoms with E-state index in [9.17, 15) is 0 Å². The van der Waals surface area contributed by atoms with E-state index in [2.05, 4.69) is 74.8 Å². The molecule has 1 N–H and O–H groups in total. The molecule has 1 unspecified atom stereocenters. The second-order valence-corrected chi connectivity index (χ2v) is 7.84. The van der Waals surface area contributed by atoms with Gasteiger partial charge in [0.1, 0.15) is 0 Å². The summed E-state index contributed by atoms with van der Waals surface area (Å²) in [5.74, 6) is 0. The van der Waals surface area contributed by atoms with Crippen LogP contribution in [0, 0.1) is 0 Å². The Hall–Kier alpha value is -1.32. The smallest absolute Gasteiger partial charge is 0.0834 e. The van der Waals surface area contributed by atoms with Crippen molar-refractivity contribution in [3.63, 3.8) is 0 Å². The molecule has 1 fully saturated rings. The largest absolute Gasteiger partial charge is 0.379 e. The van der Waals surface area contributed by atoms with Crippen LogP contribution in [0.3, 0.4) is 0 Å². The predicted octanol–water partition coefficient (Wildman–Crippen LogP) is 5.17. The Morgan fingerprint density at radius 2 is 1.86 bits per heavy atom. The molecule has 3 rings (SSSR count). The summed E-state index contributed by atoms with van der Waals surface area (Å²) in [4.78, 5) is 1.30. The van der Waals surface area contributed by atoms with Gasteiger partial charge in [0.15, 0.2) is 0 Å². The molecule has 1 aromatic carbocycles. The van der Waals surface area contributed by atoms with E-state index in [-0.39, 0.29) is 11.2 Å². The fraction of sp³-hybridized carbons (Fsp3) is 0.444. The minimum Gasteiger partial charge on any atom is -0.379 e. The number of nitrogens with one attached hydrogen (secondary N) is 1. The molecule has 1 saturated heterocycles.